The number of amides is 1. The molecule has 212 valence electrons. The molecule has 1 amide bonds. The van der Waals surface area contributed by atoms with Crippen LogP contribution in [0.25, 0.3) is 0 Å². The average Bonchev–Trinajstić information content (AvgIpc) is 3.31. The van der Waals surface area contributed by atoms with E-state index in [1.165, 1.54) is 0 Å². The monoisotopic (exact) mass is 574 g/mol. The van der Waals surface area contributed by atoms with Gasteiger partial charge >= 0.3 is 6.09 Å². The number of likely N-dealkylation sites (tertiary alicyclic amines) is 1. The van der Waals surface area contributed by atoms with Gasteiger partial charge in [-0.05, 0) is 75.8 Å². The Morgan fingerprint density at radius 2 is 1.64 bits per heavy atom. The zero-order valence-corrected chi connectivity index (χ0v) is 25.3. The highest BCUT2D eigenvalue weighted by Gasteiger charge is 2.41. The first-order valence-electron chi connectivity index (χ1n) is 13.8. The number of piperidine rings is 1. The molecule has 39 heavy (non-hydrogen) atoms. The second kappa shape index (κ2) is 12.3. The Morgan fingerprint density at radius 1 is 1.05 bits per heavy atom. The van der Waals surface area contributed by atoms with Crippen LogP contribution in [0.4, 0.5) is 10.7 Å². The summed E-state index contributed by atoms with van der Waals surface area (Å²) < 4.78 is 5.82. The summed E-state index contributed by atoms with van der Waals surface area (Å²) >= 11 is 12.7. The van der Waals surface area contributed by atoms with Crippen molar-refractivity contribution in [3.05, 3.63) is 51.8 Å². The first-order chi connectivity index (χ1) is 18.5. The maximum Gasteiger partial charge on any atom is 0.410 e. The van der Waals surface area contributed by atoms with Gasteiger partial charge < -0.3 is 14.5 Å². The van der Waals surface area contributed by atoms with Gasteiger partial charge in [0, 0.05) is 72.8 Å². The number of hydrogen-bond acceptors (Lipinski definition) is 7. The number of likely N-dealkylation sites (N-methyl/N-ethyl adjacent to an activating group) is 1. The molecule has 4 atom stereocenters. The van der Waals surface area contributed by atoms with Crippen molar-refractivity contribution >= 4 is 41.5 Å². The number of anilines is 1. The first kappa shape index (κ1) is 29.4. The van der Waals surface area contributed by atoms with Crippen LogP contribution in [0, 0.1) is 0 Å². The summed E-state index contributed by atoms with van der Waals surface area (Å²) in [7, 11) is 1.96. The third kappa shape index (κ3) is 7.34. The second-order valence-electron chi connectivity index (χ2n) is 11.6. The largest absolute Gasteiger partial charge is 0.444 e. The molecule has 0 radical (unpaired) electrons. The molecule has 0 spiro atoms. The predicted molar refractivity (Wildman–Crippen MR) is 158 cm³/mol. The van der Waals surface area contributed by atoms with Crippen molar-refractivity contribution in [3.8, 4) is 0 Å². The Hall–Kier alpha value is -2.58. The van der Waals surface area contributed by atoms with Gasteiger partial charge in [0.2, 0.25) is 5.95 Å². The van der Waals surface area contributed by atoms with Crippen LogP contribution in [-0.2, 0) is 11.3 Å². The highest BCUT2D eigenvalue weighted by atomic mass is 35.5. The smallest absolute Gasteiger partial charge is 0.410 e. The van der Waals surface area contributed by atoms with E-state index < -0.39 is 5.60 Å². The van der Waals surface area contributed by atoms with Gasteiger partial charge in [0.15, 0.2) is 0 Å². The Bertz CT molecular complexity index is 1140. The minimum Gasteiger partial charge on any atom is -0.444 e. The Kier molecular flexibility index (Phi) is 9.27. The molecule has 10 heteroatoms. The highest BCUT2D eigenvalue weighted by molar-refractivity contribution is 6.34. The normalized spacial score (nSPS) is 23.3. The predicted octanol–water partition coefficient (Wildman–Crippen LogP) is 6.76. The van der Waals surface area contributed by atoms with Crippen LogP contribution in [0.3, 0.4) is 0 Å². The lowest BCUT2D eigenvalue weighted by atomic mass is 9.87. The second-order valence-corrected chi connectivity index (χ2v) is 12.4. The number of carbonyl (C=O) groups excluding carboxylic acids is 1. The van der Waals surface area contributed by atoms with Crippen molar-refractivity contribution in [2.24, 2.45) is 5.10 Å². The Morgan fingerprint density at radius 3 is 2.13 bits per heavy atom. The number of halogens is 2. The van der Waals surface area contributed by atoms with Gasteiger partial charge in [-0.1, -0.05) is 37.0 Å². The van der Waals surface area contributed by atoms with Crippen molar-refractivity contribution in [3.63, 3.8) is 0 Å². The zero-order chi connectivity index (χ0) is 28.3. The number of hydrogen-bond donors (Lipinski definition) is 0. The topological polar surface area (TPSA) is 74.2 Å². The van der Waals surface area contributed by atoms with Crippen molar-refractivity contribution in [2.45, 2.75) is 96.5 Å². The van der Waals surface area contributed by atoms with Gasteiger partial charge in [0.05, 0.1) is 0 Å². The van der Waals surface area contributed by atoms with Crippen LogP contribution in [-0.4, -0.2) is 69.5 Å². The quantitative estimate of drug-likeness (QED) is 0.363. The van der Waals surface area contributed by atoms with Crippen LogP contribution in [0.15, 0.2) is 35.7 Å². The molecule has 0 aliphatic carbocycles. The Balaban J connectivity index is 1.65. The minimum atomic E-state index is -0.545. The molecule has 2 unspecified atom stereocenters. The van der Waals surface area contributed by atoms with Crippen LogP contribution in [0.5, 0.6) is 0 Å². The van der Waals surface area contributed by atoms with Gasteiger partial charge in [-0.2, -0.15) is 5.10 Å². The summed E-state index contributed by atoms with van der Waals surface area (Å²) in [5.74, 6) is 0.828. The lowest BCUT2D eigenvalue weighted by molar-refractivity contribution is -0.00966. The van der Waals surface area contributed by atoms with Crippen molar-refractivity contribution in [1.29, 1.82) is 0 Å². The van der Waals surface area contributed by atoms with Crippen molar-refractivity contribution in [1.82, 2.24) is 19.9 Å². The third-order valence-corrected chi connectivity index (χ3v) is 7.82. The van der Waals surface area contributed by atoms with Gasteiger partial charge in [-0.3, -0.25) is 5.01 Å². The number of aromatic nitrogens is 2. The SMILES string of the molecule is CC[C@@H]1CC(N(Cc2cc(Cl)cc(Cl)c2)c2ncc(C3C=NN(C)C3)cn2)C[C@H](CC)N1C(=O)OC(C)(C)C. The van der Waals surface area contributed by atoms with E-state index in [1.54, 1.807) is 6.07 Å². The van der Waals surface area contributed by atoms with E-state index in [0.717, 1.165) is 43.4 Å². The van der Waals surface area contributed by atoms with Crippen LogP contribution < -0.4 is 4.90 Å². The van der Waals surface area contributed by atoms with Gasteiger partial charge in [0.1, 0.15) is 5.60 Å². The molecule has 3 heterocycles. The average molecular weight is 576 g/mol. The number of benzene rings is 1. The third-order valence-electron chi connectivity index (χ3n) is 7.39. The molecule has 1 saturated heterocycles. The molecular weight excluding hydrogens is 535 g/mol. The number of carbonyl (C=O) groups is 1. The zero-order valence-electron chi connectivity index (χ0n) is 23.8. The van der Waals surface area contributed by atoms with E-state index in [-0.39, 0.29) is 30.1 Å². The van der Waals surface area contributed by atoms with E-state index in [0.29, 0.717) is 22.5 Å². The standard InChI is InChI=1S/C29H40Cl2N6O2/c1-7-24-12-26(13-25(8-2)37(24)28(38)39-29(3,4)5)36(17-19-9-22(30)11-23(31)10-19)27-32-14-20(15-33-27)21-16-34-35(6)18-21/h9-11,14-16,21,24-26H,7-8,12-13,17-18H2,1-6H3/t21?,24-,25+,26?. The molecule has 1 fully saturated rings. The lowest BCUT2D eigenvalue weighted by Gasteiger charge is -2.48. The molecule has 4 rings (SSSR count). The van der Waals surface area contributed by atoms with E-state index in [4.69, 9.17) is 37.9 Å². The summed E-state index contributed by atoms with van der Waals surface area (Å²) in [6.45, 7) is 11.4. The molecule has 1 aromatic heterocycles. The molecule has 2 aliphatic rings. The van der Waals surface area contributed by atoms with Crippen LogP contribution in [0.2, 0.25) is 10.0 Å². The number of rotatable bonds is 7. The van der Waals surface area contributed by atoms with Gasteiger partial charge in [0.25, 0.3) is 0 Å². The van der Waals surface area contributed by atoms with E-state index in [9.17, 15) is 4.79 Å². The molecule has 0 N–H and O–H groups in total. The molecule has 0 saturated carbocycles. The van der Waals surface area contributed by atoms with Crippen molar-refractivity contribution < 1.29 is 9.53 Å². The summed E-state index contributed by atoms with van der Waals surface area (Å²) in [4.78, 5) is 27.2. The van der Waals surface area contributed by atoms with E-state index in [1.807, 2.05) is 68.5 Å². The van der Waals surface area contributed by atoms with Crippen LogP contribution >= 0.6 is 23.2 Å². The molecule has 1 aromatic carbocycles. The van der Waals surface area contributed by atoms with Gasteiger partial charge in [-0.25, -0.2) is 14.8 Å². The summed E-state index contributed by atoms with van der Waals surface area (Å²) in [5, 5.41) is 7.46. The maximum atomic E-state index is 13.3. The number of nitrogens with zero attached hydrogens (tertiary/aromatic N) is 6. The summed E-state index contributed by atoms with van der Waals surface area (Å²) in [6.07, 6.45) is 8.73. The minimum absolute atomic E-state index is 0.0403. The number of hydrazone groups is 1. The highest BCUT2D eigenvalue weighted by Crippen LogP contribution is 2.34. The molecular formula is C29H40Cl2N6O2. The summed E-state index contributed by atoms with van der Waals surface area (Å²) in [6, 6.07) is 5.80. The summed E-state index contributed by atoms with van der Waals surface area (Å²) in [5.41, 5.74) is 1.48. The Labute approximate surface area is 242 Å². The molecule has 2 aliphatic heterocycles. The molecule has 2 aromatic rings. The number of ether oxygens (including phenoxy) is 1. The fourth-order valence-corrected chi connectivity index (χ4v) is 6.11. The lowest BCUT2D eigenvalue weighted by Crippen LogP contribution is -2.57. The first-order valence-corrected chi connectivity index (χ1v) is 14.5. The van der Waals surface area contributed by atoms with E-state index in [2.05, 4.69) is 23.8 Å². The fourth-order valence-electron chi connectivity index (χ4n) is 5.54. The van der Waals surface area contributed by atoms with Crippen LogP contribution in [0.1, 0.15) is 77.3 Å². The fraction of sp³-hybridized carbons (Fsp3) is 0.586. The van der Waals surface area contributed by atoms with Crippen molar-refractivity contribution in [2.75, 3.05) is 18.5 Å². The maximum absolute atomic E-state index is 13.3. The molecule has 8 nitrogen and oxygen atoms in total. The van der Waals surface area contributed by atoms with E-state index >= 15 is 0 Å². The van der Waals surface area contributed by atoms with Gasteiger partial charge in [-0.15, -0.1) is 0 Å². The molecule has 0 bridgehead atoms.